The number of amides is 1. The van der Waals surface area contributed by atoms with Gasteiger partial charge in [-0.3, -0.25) is 0 Å². The fourth-order valence-electron chi connectivity index (χ4n) is 3.03. The Kier molecular flexibility index (Phi) is 9.51. The van der Waals surface area contributed by atoms with Gasteiger partial charge in [0.15, 0.2) is 0 Å². The van der Waals surface area contributed by atoms with Gasteiger partial charge < -0.3 is 15.4 Å². The fourth-order valence-corrected chi connectivity index (χ4v) is 4.31. The molecule has 2 heterocycles. The Hall–Kier alpha value is -0.910. The van der Waals surface area contributed by atoms with Crippen LogP contribution in [0.4, 0.5) is 4.79 Å². The Balaban J connectivity index is 0.000000186. The molecule has 2 saturated heterocycles. The summed E-state index contributed by atoms with van der Waals surface area (Å²) < 4.78 is 4.74. The van der Waals surface area contributed by atoms with Crippen LogP contribution in [0.3, 0.4) is 0 Å². The van der Waals surface area contributed by atoms with Crippen LogP contribution < -0.4 is 10.6 Å². The molecule has 2 N–H and O–H groups in total. The van der Waals surface area contributed by atoms with E-state index in [0.29, 0.717) is 12.6 Å². The summed E-state index contributed by atoms with van der Waals surface area (Å²) in [5.41, 5.74) is 1.42. The molecule has 0 radical (unpaired) electrons. The summed E-state index contributed by atoms with van der Waals surface area (Å²) in [7, 11) is 0. The molecule has 6 heteroatoms. The third-order valence-corrected chi connectivity index (χ3v) is 5.84. The van der Waals surface area contributed by atoms with Gasteiger partial charge in [-0.15, -0.1) is 0 Å². The first kappa shape index (κ1) is 20.4. The Labute approximate surface area is 160 Å². The average molecular weight is 385 g/mol. The smallest absolute Gasteiger partial charge is 0.407 e. The lowest BCUT2D eigenvalue weighted by molar-refractivity contribution is 0.149. The summed E-state index contributed by atoms with van der Waals surface area (Å²) in [4.78, 5) is 10.9. The van der Waals surface area contributed by atoms with Crippen LogP contribution in [-0.4, -0.2) is 43.3 Å². The van der Waals surface area contributed by atoms with Crippen LogP contribution >= 0.6 is 23.4 Å². The van der Waals surface area contributed by atoms with Crippen molar-refractivity contribution in [1.82, 2.24) is 10.6 Å². The quantitative estimate of drug-likeness (QED) is 0.819. The molecule has 1 aromatic carbocycles. The molecule has 2 fully saturated rings. The summed E-state index contributed by atoms with van der Waals surface area (Å²) in [6.45, 7) is 4.62. The SMILES string of the molecule is CCOC(=O)NC1CCSC1.Clc1ccc(CC2CCNCC2)cc1. The minimum absolute atomic E-state index is 0.278. The first-order valence-corrected chi connectivity index (χ1v) is 10.7. The van der Waals surface area contributed by atoms with E-state index in [2.05, 4.69) is 22.8 Å². The molecule has 0 saturated carbocycles. The molecule has 0 spiro atoms. The number of piperidine rings is 1. The number of nitrogens with one attached hydrogen (secondary N) is 2. The standard InChI is InChI=1S/C12H16ClN.C7H13NO2S/c13-12-3-1-10(2-4-12)9-11-5-7-14-8-6-11;1-2-10-7(9)8-6-3-4-11-5-6/h1-4,11,14H,5-9H2;6H,2-5H2,1H3,(H,8,9). The largest absolute Gasteiger partial charge is 0.450 e. The van der Waals surface area contributed by atoms with Crippen molar-refractivity contribution in [2.24, 2.45) is 5.92 Å². The number of carbonyl (C=O) groups is 1. The van der Waals surface area contributed by atoms with Crippen LogP contribution in [0.2, 0.25) is 5.02 Å². The molecule has 1 amide bonds. The molecule has 2 aliphatic heterocycles. The van der Waals surface area contributed by atoms with E-state index in [4.69, 9.17) is 16.3 Å². The van der Waals surface area contributed by atoms with Crippen molar-refractivity contribution in [3.63, 3.8) is 0 Å². The molecule has 0 aliphatic carbocycles. The summed E-state index contributed by atoms with van der Waals surface area (Å²) in [6, 6.07) is 8.59. The second-order valence-electron chi connectivity index (χ2n) is 6.45. The molecule has 140 valence electrons. The number of ether oxygens (including phenoxy) is 1. The molecule has 4 nitrogen and oxygen atoms in total. The fraction of sp³-hybridized carbons (Fsp3) is 0.632. The van der Waals surface area contributed by atoms with Gasteiger partial charge in [0.05, 0.1) is 6.61 Å². The molecule has 3 rings (SSSR count). The first-order chi connectivity index (χ1) is 12.2. The molecule has 25 heavy (non-hydrogen) atoms. The van der Waals surface area contributed by atoms with Gasteiger partial charge in [0, 0.05) is 16.8 Å². The lowest BCUT2D eigenvalue weighted by atomic mass is 9.91. The van der Waals surface area contributed by atoms with E-state index in [1.54, 1.807) is 0 Å². The molecule has 1 aromatic rings. The number of benzene rings is 1. The van der Waals surface area contributed by atoms with Gasteiger partial charge in [0.2, 0.25) is 0 Å². The first-order valence-electron chi connectivity index (χ1n) is 9.13. The van der Waals surface area contributed by atoms with Crippen molar-refractivity contribution >= 4 is 29.5 Å². The van der Waals surface area contributed by atoms with Crippen molar-refractivity contribution in [1.29, 1.82) is 0 Å². The molecule has 2 aliphatic rings. The highest BCUT2D eigenvalue weighted by Crippen LogP contribution is 2.19. The molecular formula is C19H29ClN2O2S. The lowest BCUT2D eigenvalue weighted by Crippen LogP contribution is -2.34. The zero-order chi connectivity index (χ0) is 17.9. The van der Waals surface area contributed by atoms with Crippen molar-refractivity contribution in [3.05, 3.63) is 34.9 Å². The lowest BCUT2D eigenvalue weighted by Gasteiger charge is -2.22. The molecular weight excluding hydrogens is 356 g/mol. The maximum Gasteiger partial charge on any atom is 0.407 e. The third-order valence-electron chi connectivity index (χ3n) is 4.42. The van der Waals surface area contributed by atoms with E-state index in [0.717, 1.165) is 28.9 Å². The number of carbonyl (C=O) groups excluding carboxylic acids is 1. The minimum Gasteiger partial charge on any atom is -0.450 e. The van der Waals surface area contributed by atoms with E-state index in [1.165, 1.54) is 37.9 Å². The van der Waals surface area contributed by atoms with Crippen LogP contribution in [0, 0.1) is 5.92 Å². The van der Waals surface area contributed by atoms with Crippen molar-refractivity contribution < 1.29 is 9.53 Å². The molecule has 0 aromatic heterocycles. The number of hydrogen-bond acceptors (Lipinski definition) is 4. The van der Waals surface area contributed by atoms with E-state index in [9.17, 15) is 4.79 Å². The number of thioether (sulfide) groups is 1. The van der Waals surface area contributed by atoms with Crippen LogP contribution in [0.15, 0.2) is 24.3 Å². The number of halogens is 1. The molecule has 1 atom stereocenters. The Morgan fingerprint density at radius 2 is 2.00 bits per heavy atom. The Morgan fingerprint density at radius 3 is 2.60 bits per heavy atom. The predicted molar refractivity (Wildman–Crippen MR) is 107 cm³/mol. The number of rotatable bonds is 4. The van der Waals surface area contributed by atoms with Gasteiger partial charge in [0.1, 0.15) is 0 Å². The number of alkyl carbamates (subject to hydrolysis) is 1. The van der Waals surface area contributed by atoms with E-state index in [1.807, 2.05) is 30.8 Å². The maximum atomic E-state index is 10.9. The zero-order valence-corrected chi connectivity index (χ0v) is 16.5. The van der Waals surface area contributed by atoms with Crippen molar-refractivity contribution in [2.45, 2.75) is 38.6 Å². The van der Waals surface area contributed by atoms with Gasteiger partial charge >= 0.3 is 6.09 Å². The normalized spacial score (nSPS) is 20.5. The maximum absolute atomic E-state index is 10.9. The van der Waals surface area contributed by atoms with Crippen LogP contribution in [-0.2, 0) is 11.2 Å². The summed E-state index contributed by atoms with van der Waals surface area (Å²) in [5.74, 6) is 3.04. The van der Waals surface area contributed by atoms with E-state index < -0.39 is 0 Å². The van der Waals surface area contributed by atoms with Gasteiger partial charge in [0.25, 0.3) is 0 Å². The second-order valence-corrected chi connectivity index (χ2v) is 8.04. The van der Waals surface area contributed by atoms with Gasteiger partial charge in [-0.2, -0.15) is 11.8 Å². The Morgan fingerprint density at radius 1 is 1.28 bits per heavy atom. The zero-order valence-electron chi connectivity index (χ0n) is 14.9. The van der Waals surface area contributed by atoms with Gasteiger partial charge in [-0.1, -0.05) is 23.7 Å². The Bertz CT molecular complexity index is 501. The van der Waals surface area contributed by atoms with E-state index in [-0.39, 0.29) is 6.09 Å². The second kappa shape index (κ2) is 11.7. The molecule has 0 bridgehead atoms. The highest BCUT2D eigenvalue weighted by atomic mass is 35.5. The number of hydrogen-bond donors (Lipinski definition) is 2. The van der Waals surface area contributed by atoms with Crippen LogP contribution in [0.1, 0.15) is 31.7 Å². The average Bonchev–Trinajstić information content (AvgIpc) is 3.12. The predicted octanol–water partition coefficient (Wildman–Crippen LogP) is 4.12. The van der Waals surface area contributed by atoms with Gasteiger partial charge in [-0.25, -0.2) is 4.79 Å². The molecule has 1 unspecified atom stereocenters. The monoisotopic (exact) mass is 384 g/mol. The van der Waals surface area contributed by atoms with E-state index >= 15 is 0 Å². The topological polar surface area (TPSA) is 50.4 Å². The van der Waals surface area contributed by atoms with Crippen LogP contribution in [0.25, 0.3) is 0 Å². The summed E-state index contributed by atoms with van der Waals surface area (Å²) >= 11 is 7.72. The van der Waals surface area contributed by atoms with Crippen molar-refractivity contribution in [3.8, 4) is 0 Å². The summed E-state index contributed by atoms with van der Waals surface area (Å²) in [5, 5.41) is 7.02. The highest BCUT2D eigenvalue weighted by Gasteiger charge is 2.17. The van der Waals surface area contributed by atoms with Crippen molar-refractivity contribution in [2.75, 3.05) is 31.2 Å². The third kappa shape index (κ3) is 8.34. The highest BCUT2D eigenvalue weighted by molar-refractivity contribution is 7.99. The summed E-state index contributed by atoms with van der Waals surface area (Å²) in [6.07, 6.45) is 4.62. The van der Waals surface area contributed by atoms with Crippen LogP contribution in [0.5, 0.6) is 0 Å². The minimum atomic E-state index is -0.278. The van der Waals surface area contributed by atoms with Gasteiger partial charge in [-0.05, 0) is 75.1 Å².